The molecule has 0 radical (unpaired) electrons. The summed E-state index contributed by atoms with van der Waals surface area (Å²) in [6.07, 6.45) is 0.786. The molecule has 0 amide bonds. The van der Waals surface area contributed by atoms with Crippen LogP contribution in [0.3, 0.4) is 0 Å². The number of ether oxygens (including phenoxy) is 1. The van der Waals surface area contributed by atoms with Crippen molar-refractivity contribution >= 4 is 41.2 Å². The highest BCUT2D eigenvalue weighted by Crippen LogP contribution is 2.47. The first-order chi connectivity index (χ1) is 17.2. The zero-order valence-corrected chi connectivity index (χ0v) is 21.6. The Hall–Kier alpha value is -3.34. The van der Waals surface area contributed by atoms with E-state index in [0.29, 0.717) is 32.6 Å². The molecular weight excluding hydrogens is 499 g/mol. The van der Waals surface area contributed by atoms with Crippen LogP contribution in [0.1, 0.15) is 25.5 Å². The maximum atomic E-state index is 13.9. The molecule has 1 aliphatic heterocycles. The standard InChI is InChI=1S/C26H26ClN4O4P/c1-26(2)24(32)23(31-25(29-16-28)30-18-11-9-17(27)10-12-18)21-15-20(13-14-22(21)35-26)36(33,34-3)19-7-5-4-6-8-19/h4-15,23-24,32H,1-3H3,(H2,29,30,31)/t23-,24+,36?/m1/s1. The van der Waals surface area contributed by atoms with Crippen molar-refractivity contribution in [2.45, 2.75) is 31.6 Å². The van der Waals surface area contributed by atoms with E-state index >= 15 is 0 Å². The third-order valence-corrected chi connectivity index (χ3v) is 8.64. The van der Waals surface area contributed by atoms with E-state index in [0.717, 1.165) is 0 Å². The first-order valence-corrected chi connectivity index (χ1v) is 13.2. The molecule has 0 fully saturated rings. The van der Waals surface area contributed by atoms with E-state index in [1.165, 1.54) is 7.11 Å². The number of hydrogen-bond donors (Lipinski definition) is 3. The number of halogens is 1. The van der Waals surface area contributed by atoms with Crippen molar-refractivity contribution in [3.8, 4) is 11.9 Å². The molecule has 8 nitrogen and oxygen atoms in total. The molecule has 0 saturated heterocycles. The molecule has 0 bridgehead atoms. The average molecular weight is 525 g/mol. The number of fused-ring (bicyclic) bond motifs is 1. The predicted octanol–water partition coefficient (Wildman–Crippen LogP) is 4.33. The third-order valence-electron chi connectivity index (χ3n) is 5.94. The highest BCUT2D eigenvalue weighted by atomic mass is 35.5. The fourth-order valence-electron chi connectivity index (χ4n) is 4.02. The minimum Gasteiger partial charge on any atom is -0.485 e. The lowest BCUT2D eigenvalue weighted by Crippen LogP contribution is -2.49. The van der Waals surface area contributed by atoms with E-state index in [9.17, 15) is 14.9 Å². The Morgan fingerprint density at radius 1 is 1.14 bits per heavy atom. The number of aliphatic imine (C=N–C) groups is 1. The lowest BCUT2D eigenvalue weighted by molar-refractivity contribution is -0.0566. The second-order valence-electron chi connectivity index (χ2n) is 8.73. The number of rotatable bonds is 5. The van der Waals surface area contributed by atoms with Gasteiger partial charge in [-0.1, -0.05) is 29.8 Å². The third kappa shape index (κ3) is 5.11. The second kappa shape index (κ2) is 10.3. The molecule has 3 aromatic carbocycles. The molecule has 0 saturated carbocycles. The van der Waals surface area contributed by atoms with Crippen LogP contribution >= 0.6 is 19.0 Å². The van der Waals surface area contributed by atoms with Crippen LogP contribution in [-0.4, -0.2) is 29.9 Å². The van der Waals surface area contributed by atoms with E-state index in [1.54, 1.807) is 80.6 Å². The van der Waals surface area contributed by atoms with Gasteiger partial charge in [-0.3, -0.25) is 9.88 Å². The first-order valence-electron chi connectivity index (χ1n) is 11.2. The second-order valence-corrected chi connectivity index (χ2v) is 11.7. The minimum absolute atomic E-state index is 0.121. The number of benzene rings is 3. The van der Waals surface area contributed by atoms with Crippen LogP contribution in [-0.2, 0) is 9.09 Å². The molecule has 36 heavy (non-hydrogen) atoms. The Morgan fingerprint density at radius 3 is 2.47 bits per heavy atom. The topological polar surface area (TPSA) is 116 Å². The van der Waals surface area contributed by atoms with Crippen LogP contribution in [0, 0.1) is 11.5 Å². The summed E-state index contributed by atoms with van der Waals surface area (Å²) in [6.45, 7) is 3.51. The average Bonchev–Trinajstić information content (AvgIpc) is 2.88. The molecule has 3 N–H and O–H groups in total. The summed E-state index contributed by atoms with van der Waals surface area (Å²) in [5.74, 6) is 0.609. The largest absolute Gasteiger partial charge is 0.485 e. The zero-order valence-electron chi connectivity index (χ0n) is 20.0. The van der Waals surface area contributed by atoms with Crippen molar-refractivity contribution in [2.75, 3.05) is 12.4 Å². The van der Waals surface area contributed by atoms with Crippen molar-refractivity contribution in [3.63, 3.8) is 0 Å². The Balaban J connectivity index is 1.81. The van der Waals surface area contributed by atoms with E-state index in [-0.39, 0.29) is 5.96 Å². The summed E-state index contributed by atoms with van der Waals surface area (Å²) in [4.78, 5) is 4.66. The summed E-state index contributed by atoms with van der Waals surface area (Å²) in [6, 6.07) is 20.1. The van der Waals surface area contributed by atoms with E-state index in [1.807, 2.05) is 12.3 Å². The van der Waals surface area contributed by atoms with Gasteiger partial charge in [-0.15, -0.1) is 0 Å². The maximum Gasteiger partial charge on any atom is 0.261 e. The summed E-state index contributed by atoms with van der Waals surface area (Å²) < 4.78 is 25.6. The quantitative estimate of drug-likeness (QED) is 0.150. The number of aliphatic hydroxyl groups is 1. The van der Waals surface area contributed by atoms with Crippen LogP contribution in [0.5, 0.6) is 5.75 Å². The molecular formula is C26H26ClN4O4P. The van der Waals surface area contributed by atoms with E-state index in [2.05, 4.69) is 15.6 Å². The van der Waals surface area contributed by atoms with Crippen molar-refractivity contribution in [2.24, 2.45) is 4.99 Å². The van der Waals surface area contributed by atoms with Gasteiger partial charge in [0.25, 0.3) is 7.37 Å². The maximum absolute atomic E-state index is 13.9. The van der Waals surface area contributed by atoms with Crippen LogP contribution < -0.4 is 26.0 Å². The molecule has 1 aliphatic rings. The predicted molar refractivity (Wildman–Crippen MR) is 141 cm³/mol. The van der Waals surface area contributed by atoms with Gasteiger partial charge in [-0.2, -0.15) is 5.26 Å². The lowest BCUT2D eigenvalue weighted by atomic mass is 9.87. The number of nitrogens with zero attached hydrogens (tertiary/aromatic N) is 2. The first kappa shape index (κ1) is 25.7. The highest BCUT2D eigenvalue weighted by Gasteiger charge is 2.44. The summed E-state index contributed by atoms with van der Waals surface area (Å²) in [7, 11) is -2.01. The molecule has 3 aromatic rings. The van der Waals surface area contributed by atoms with Gasteiger partial charge in [-0.25, -0.2) is 4.99 Å². The summed E-state index contributed by atoms with van der Waals surface area (Å²) in [5.41, 5.74) is 0.178. The summed E-state index contributed by atoms with van der Waals surface area (Å²) in [5, 5.41) is 27.7. The van der Waals surface area contributed by atoms with Crippen LogP contribution in [0.15, 0.2) is 77.8 Å². The van der Waals surface area contributed by atoms with Crippen LogP contribution in [0.25, 0.3) is 0 Å². The van der Waals surface area contributed by atoms with Gasteiger partial charge >= 0.3 is 0 Å². The lowest BCUT2D eigenvalue weighted by Gasteiger charge is -2.41. The molecule has 10 heteroatoms. The van der Waals surface area contributed by atoms with Crippen LogP contribution in [0.2, 0.25) is 5.02 Å². The Kier molecular flexibility index (Phi) is 7.39. The molecule has 4 rings (SSSR count). The molecule has 3 atom stereocenters. The van der Waals surface area contributed by atoms with Crippen molar-refractivity contribution in [3.05, 3.63) is 83.4 Å². The molecule has 1 unspecified atom stereocenters. The van der Waals surface area contributed by atoms with Gasteiger partial charge in [0.05, 0.1) is 0 Å². The monoisotopic (exact) mass is 524 g/mol. The highest BCUT2D eigenvalue weighted by molar-refractivity contribution is 7.74. The van der Waals surface area contributed by atoms with Gasteiger partial charge in [0.2, 0.25) is 5.96 Å². The Morgan fingerprint density at radius 2 is 1.83 bits per heavy atom. The van der Waals surface area contributed by atoms with E-state index < -0.39 is 25.1 Å². The van der Waals surface area contributed by atoms with Gasteiger partial charge in [0.1, 0.15) is 23.5 Å². The van der Waals surface area contributed by atoms with Crippen molar-refractivity contribution in [1.82, 2.24) is 5.32 Å². The van der Waals surface area contributed by atoms with Crippen molar-refractivity contribution < 1.29 is 18.9 Å². The Labute approximate surface area is 215 Å². The smallest absolute Gasteiger partial charge is 0.261 e. The molecule has 186 valence electrons. The molecule has 0 aliphatic carbocycles. The number of hydrogen-bond acceptors (Lipinski definition) is 6. The number of nitrogens with one attached hydrogen (secondary N) is 2. The normalized spacial score (nSPS) is 20.3. The summed E-state index contributed by atoms with van der Waals surface area (Å²) >= 11 is 5.97. The minimum atomic E-state index is -3.42. The number of aliphatic hydroxyl groups excluding tert-OH is 1. The molecule has 1 heterocycles. The molecule has 0 aromatic heterocycles. The Bertz CT molecular complexity index is 1360. The van der Waals surface area contributed by atoms with Gasteiger partial charge in [0, 0.05) is 34.0 Å². The fraction of sp³-hybridized carbons (Fsp3) is 0.231. The van der Waals surface area contributed by atoms with Crippen LogP contribution in [0.4, 0.5) is 5.69 Å². The number of anilines is 1. The van der Waals surface area contributed by atoms with Gasteiger partial charge < -0.3 is 19.7 Å². The van der Waals surface area contributed by atoms with Gasteiger partial charge in [0.15, 0.2) is 6.19 Å². The SMILES string of the molecule is COP(=O)(c1ccccc1)c1ccc2c(c1)[C@@H](N=C(NC#N)Nc1ccc(Cl)cc1)[C@H](O)C(C)(C)O2. The van der Waals surface area contributed by atoms with E-state index in [4.69, 9.17) is 20.9 Å². The number of nitriles is 1. The zero-order chi connectivity index (χ0) is 25.9. The fourth-order valence-corrected chi connectivity index (χ4v) is 6.01. The van der Waals surface area contributed by atoms with Gasteiger partial charge in [-0.05, 0) is 68.4 Å². The molecule has 0 spiro atoms. The van der Waals surface area contributed by atoms with Crippen molar-refractivity contribution in [1.29, 1.82) is 5.26 Å². The number of guanidine groups is 1.